The van der Waals surface area contributed by atoms with E-state index < -0.39 is 0 Å². The fourth-order valence-electron chi connectivity index (χ4n) is 2.90. The van der Waals surface area contributed by atoms with Crippen molar-refractivity contribution in [3.05, 3.63) is 83.6 Å². The van der Waals surface area contributed by atoms with Gasteiger partial charge in [-0.05, 0) is 42.7 Å². The zero-order valence-corrected chi connectivity index (χ0v) is 16.2. The Kier molecular flexibility index (Phi) is 6.63. The van der Waals surface area contributed by atoms with Gasteiger partial charge in [0.1, 0.15) is 11.6 Å². The zero-order chi connectivity index (χ0) is 19.8. The Balaban J connectivity index is 1.47. The molecule has 0 bridgehead atoms. The second-order valence-corrected chi connectivity index (χ2v) is 6.63. The number of ether oxygens (including phenoxy) is 1. The molecule has 3 aromatic rings. The molecule has 0 unspecified atom stereocenters. The number of aromatic nitrogens is 1. The number of aryl methyl sites for hydroxylation is 1. The molecule has 0 aliphatic carbocycles. The summed E-state index contributed by atoms with van der Waals surface area (Å²) in [5.41, 5.74) is 4.23. The van der Waals surface area contributed by atoms with Gasteiger partial charge in [0.2, 0.25) is 5.91 Å². The van der Waals surface area contributed by atoms with Gasteiger partial charge in [-0.3, -0.25) is 4.79 Å². The monoisotopic (exact) mass is 375 g/mol. The van der Waals surface area contributed by atoms with Crippen LogP contribution < -0.4 is 15.4 Å². The van der Waals surface area contributed by atoms with Crippen molar-refractivity contribution in [2.75, 3.05) is 24.3 Å². The van der Waals surface area contributed by atoms with Crippen LogP contribution in [0.5, 0.6) is 5.75 Å². The smallest absolute Gasteiger partial charge is 0.229 e. The topological polar surface area (TPSA) is 63.2 Å². The number of hydrogen-bond acceptors (Lipinski definition) is 4. The van der Waals surface area contributed by atoms with Crippen LogP contribution in [0.1, 0.15) is 16.7 Å². The second-order valence-electron chi connectivity index (χ2n) is 6.63. The summed E-state index contributed by atoms with van der Waals surface area (Å²) in [5.74, 6) is 1.37. The average molecular weight is 375 g/mol. The van der Waals surface area contributed by atoms with E-state index in [4.69, 9.17) is 4.74 Å². The van der Waals surface area contributed by atoms with Gasteiger partial charge in [-0.15, -0.1) is 0 Å². The van der Waals surface area contributed by atoms with Gasteiger partial charge < -0.3 is 15.4 Å². The number of benzene rings is 2. The summed E-state index contributed by atoms with van der Waals surface area (Å²) in [6, 6.07) is 19.7. The van der Waals surface area contributed by atoms with Gasteiger partial charge in [-0.25, -0.2) is 4.98 Å². The highest BCUT2D eigenvalue weighted by atomic mass is 16.5. The molecular weight excluding hydrogens is 350 g/mol. The Morgan fingerprint density at radius 1 is 1.04 bits per heavy atom. The van der Waals surface area contributed by atoms with E-state index in [0.29, 0.717) is 12.2 Å². The number of methoxy groups -OCH3 is 1. The SMILES string of the molecule is COc1ccccc1CCNc1ccc(NC(=O)Cc2ccc(C)cc2)nc1. The minimum atomic E-state index is -0.0757. The third-order valence-corrected chi connectivity index (χ3v) is 4.43. The van der Waals surface area contributed by atoms with E-state index in [0.717, 1.165) is 35.5 Å². The molecule has 28 heavy (non-hydrogen) atoms. The first kappa shape index (κ1) is 19.4. The van der Waals surface area contributed by atoms with Crippen molar-refractivity contribution in [3.8, 4) is 5.75 Å². The van der Waals surface area contributed by atoms with Crippen LogP contribution in [0.2, 0.25) is 0 Å². The van der Waals surface area contributed by atoms with Gasteiger partial charge in [-0.2, -0.15) is 0 Å². The van der Waals surface area contributed by atoms with Crippen molar-refractivity contribution >= 4 is 17.4 Å². The van der Waals surface area contributed by atoms with Gasteiger partial charge >= 0.3 is 0 Å². The predicted molar refractivity (Wildman–Crippen MR) is 113 cm³/mol. The van der Waals surface area contributed by atoms with Gasteiger partial charge in [-0.1, -0.05) is 48.0 Å². The zero-order valence-electron chi connectivity index (χ0n) is 16.2. The molecular formula is C23H25N3O2. The summed E-state index contributed by atoms with van der Waals surface area (Å²) in [4.78, 5) is 16.5. The maximum Gasteiger partial charge on any atom is 0.229 e. The number of carbonyl (C=O) groups is 1. The summed E-state index contributed by atoms with van der Waals surface area (Å²) < 4.78 is 5.37. The number of amides is 1. The summed E-state index contributed by atoms with van der Waals surface area (Å²) in [6.07, 6.45) is 2.91. The lowest BCUT2D eigenvalue weighted by molar-refractivity contribution is -0.115. The van der Waals surface area contributed by atoms with E-state index in [1.165, 1.54) is 5.56 Å². The largest absolute Gasteiger partial charge is 0.496 e. The number of rotatable bonds is 8. The fourth-order valence-corrected chi connectivity index (χ4v) is 2.90. The Hall–Kier alpha value is -3.34. The van der Waals surface area contributed by atoms with Crippen molar-refractivity contribution in [2.24, 2.45) is 0 Å². The Morgan fingerprint density at radius 3 is 2.54 bits per heavy atom. The van der Waals surface area contributed by atoms with E-state index in [9.17, 15) is 4.79 Å². The summed E-state index contributed by atoms with van der Waals surface area (Å²) in [5, 5.41) is 6.17. The Labute approximate surface area is 165 Å². The standard InChI is InChI=1S/C23H25N3O2/c1-17-7-9-18(10-8-17)15-23(27)26-22-12-11-20(16-25-22)24-14-13-19-5-3-4-6-21(19)28-2/h3-12,16,24H,13-15H2,1-2H3,(H,25,26,27). The van der Waals surface area contributed by atoms with E-state index >= 15 is 0 Å². The molecule has 1 aromatic heterocycles. The number of pyridine rings is 1. The van der Waals surface area contributed by atoms with Gasteiger partial charge in [0.25, 0.3) is 0 Å². The third-order valence-electron chi connectivity index (χ3n) is 4.43. The molecule has 0 spiro atoms. The molecule has 0 aliphatic rings. The number of anilines is 2. The molecule has 5 heteroatoms. The van der Waals surface area contributed by atoms with Crippen LogP contribution in [0, 0.1) is 6.92 Å². The van der Waals surface area contributed by atoms with Crippen LogP contribution in [0.25, 0.3) is 0 Å². The molecule has 144 valence electrons. The van der Waals surface area contributed by atoms with Crippen LogP contribution in [-0.4, -0.2) is 24.5 Å². The minimum absolute atomic E-state index is 0.0757. The van der Waals surface area contributed by atoms with E-state index in [2.05, 4.69) is 21.7 Å². The molecule has 2 N–H and O–H groups in total. The highest BCUT2D eigenvalue weighted by Gasteiger charge is 2.05. The predicted octanol–water partition coefficient (Wildman–Crippen LogP) is 4.23. The lowest BCUT2D eigenvalue weighted by Gasteiger charge is -2.10. The summed E-state index contributed by atoms with van der Waals surface area (Å²) in [7, 11) is 1.68. The van der Waals surface area contributed by atoms with E-state index in [1.807, 2.05) is 55.5 Å². The lowest BCUT2D eigenvalue weighted by atomic mass is 10.1. The molecule has 5 nitrogen and oxygen atoms in total. The lowest BCUT2D eigenvalue weighted by Crippen LogP contribution is -2.15. The van der Waals surface area contributed by atoms with Crippen LogP contribution in [0.3, 0.4) is 0 Å². The first-order valence-electron chi connectivity index (χ1n) is 9.31. The maximum absolute atomic E-state index is 12.2. The van der Waals surface area contributed by atoms with Gasteiger partial charge in [0.05, 0.1) is 25.4 Å². The second kappa shape index (κ2) is 9.55. The first-order valence-corrected chi connectivity index (χ1v) is 9.31. The number of nitrogens with one attached hydrogen (secondary N) is 2. The van der Waals surface area contributed by atoms with Crippen molar-refractivity contribution in [2.45, 2.75) is 19.8 Å². The molecule has 3 rings (SSSR count). The molecule has 0 atom stereocenters. The Morgan fingerprint density at radius 2 is 1.82 bits per heavy atom. The van der Waals surface area contributed by atoms with Crippen LogP contribution in [0.4, 0.5) is 11.5 Å². The van der Waals surface area contributed by atoms with E-state index in [1.54, 1.807) is 19.4 Å². The molecule has 0 saturated carbocycles. The molecule has 1 heterocycles. The third kappa shape index (κ3) is 5.58. The highest BCUT2D eigenvalue weighted by molar-refractivity contribution is 5.91. The number of para-hydroxylation sites is 1. The van der Waals surface area contributed by atoms with Gasteiger partial charge in [0, 0.05) is 6.54 Å². The van der Waals surface area contributed by atoms with E-state index in [-0.39, 0.29) is 5.91 Å². The summed E-state index contributed by atoms with van der Waals surface area (Å²) >= 11 is 0. The molecule has 0 saturated heterocycles. The van der Waals surface area contributed by atoms with Crippen molar-refractivity contribution in [1.82, 2.24) is 4.98 Å². The quantitative estimate of drug-likeness (QED) is 0.618. The van der Waals surface area contributed by atoms with Gasteiger partial charge in [0.15, 0.2) is 0 Å². The number of carbonyl (C=O) groups excluding carboxylic acids is 1. The van der Waals surface area contributed by atoms with Crippen molar-refractivity contribution < 1.29 is 9.53 Å². The molecule has 0 fully saturated rings. The van der Waals surface area contributed by atoms with Crippen LogP contribution in [-0.2, 0) is 17.6 Å². The van der Waals surface area contributed by atoms with Crippen LogP contribution in [0.15, 0.2) is 66.9 Å². The van der Waals surface area contributed by atoms with Crippen molar-refractivity contribution in [3.63, 3.8) is 0 Å². The average Bonchev–Trinajstić information content (AvgIpc) is 2.71. The maximum atomic E-state index is 12.2. The molecule has 2 aromatic carbocycles. The molecule has 0 radical (unpaired) electrons. The number of nitrogens with zero attached hydrogens (tertiary/aromatic N) is 1. The van der Waals surface area contributed by atoms with Crippen LogP contribution >= 0.6 is 0 Å². The molecule has 1 amide bonds. The fraction of sp³-hybridized carbons (Fsp3) is 0.217. The normalized spacial score (nSPS) is 10.4. The number of hydrogen-bond donors (Lipinski definition) is 2. The minimum Gasteiger partial charge on any atom is -0.496 e. The first-order chi connectivity index (χ1) is 13.6. The highest BCUT2D eigenvalue weighted by Crippen LogP contribution is 2.18. The Bertz CT molecular complexity index is 906. The van der Waals surface area contributed by atoms with Crippen molar-refractivity contribution in [1.29, 1.82) is 0 Å². The molecule has 0 aliphatic heterocycles. The summed E-state index contributed by atoms with van der Waals surface area (Å²) in [6.45, 7) is 2.79.